The minimum atomic E-state index is -0.219. The van der Waals surface area contributed by atoms with Gasteiger partial charge in [0.2, 0.25) is 0 Å². The SMILES string of the molecule is CCCCC(CC)CNC(C)O[C]=O. The second-order valence-corrected chi connectivity index (χ2v) is 3.67. The molecule has 0 aliphatic heterocycles. The standard InChI is InChI=1S/C11H22NO2/c1-4-6-7-11(5-2)8-12-10(3)14-9-13/h10-12H,4-8H2,1-3H3. The van der Waals surface area contributed by atoms with Gasteiger partial charge in [-0.05, 0) is 19.3 Å². The number of ether oxygens (including phenoxy) is 1. The van der Waals surface area contributed by atoms with Gasteiger partial charge in [0.1, 0.15) is 0 Å². The van der Waals surface area contributed by atoms with Crippen molar-refractivity contribution in [3.05, 3.63) is 0 Å². The van der Waals surface area contributed by atoms with Crippen molar-refractivity contribution in [2.24, 2.45) is 5.92 Å². The quantitative estimate of drug-likeness (QED) is 0.580. The minimum Gasteiger partial charge on any atom is -0.438 e. The first-order chi connectivity index (χ1) is 6.74. The molecule has 0 aromatic carbocycles. The van der Waals surface area contributed by atoms with Crippen LogP contribution < -0.4 is 5.32 Å². The predicted octanol–water partition coefficient (Wildman–Crippen LogP) is 2.22. The molecule has 3 heteroatoms. The van der Waals surface area contributed by atoms with Crippen LogP contribution >= 0.6 is 0 Å². The Kier molecular flexibility index (Phi) is 8.64. The van der Waals surface area contributed by atoms with E-state index in [4.69, 9.17) is 0 Å². The molecule has 2 unspecified atom stereocenters. The van der Waals surface area contributed by atoms with E-state index in [9.17, 15) is 4.79 Å². The molecular weight excluding hydrogens is 178 g/mol. The first-order valence-corrected chi connectivity index (χ1v) is 5.50. The van der Waals surface area contributed by atoms with E-state index in [-0.39, 0.29) is 6.23 Å². The fraction of sp³-hybridized carbons (Fsp3) is 0.909. The summed E-state index contributed by atoms with van der Waals surface area (Å²) in [5, 5.41) is 3.16. The number of unbranched alkanes of at least 4 members (excludes halogenated alkanes) is 1. The molecule has 1 radical (unpaired) electrons. The first-order valence-electron chi connectivity index (χ1n) is 5.50. The van der Waals surface area contributed by atoms with Crippen molar-refractivity contribution >= 4 is 6.47 Å². The van der Waals surface area contributed by atoms with Crippen molar-refractivity contribution in [1.82, 2.24) is 5.32 Å². The summed E-state index contributed by atoms with van der Waals surface area (Å²) in [5.41, 5.74) is 0. The van der Waals surface area contributed by atoms with E-state index in [1.165, 1.54) is 32.2 Å². The normalized spacial score (nSPS) is 14.8. The molecular formula is C11H22NO2. The third-order valence-corrected chi connectivity index (χ3v) is 2.46. The van der Waals surface area contributed by atoms with Crippen LogP contribution in [0.15, 0.2) is 0 Å². The molecule has 83 valence electrons. The van der Waals surface area contributed by atoms with Crippen molar-refractivity contribution in [2.45, 2.75) is 52.7 Å². The summed E-state index contributed by atoms with van der Waals surface area (Å²) in [6, 6.07) is 0. The second-order valence-electron chi connectivity index (χ2n) is 3.67. The molecule has 0 aliphatic rings. The Morgan fingerprint density at radius 2 is 2.14 bits per heavy atom. The molecule has 3 nitrogen and oxygen atoms in total. The molecule has 0 saturated heterocycles. The number of hydrogen-bond acceptors (Lipinski definition) is 3. The van der Waals surface area contributed by atoms with Crippen molar-refractivity contribution in [2.75, 3.05) is 6.54 Å². The molecule has 14 heavy (non-hydrogen) atoms. The number of rotatable bonds is 9. The molecule has 0 fully saturated rings. The highest BCUT2D eigenvalue weighted by Crippen LogP contribution is 2.11. The van der Waals surface area contributed by atoms with Crippen LogP contribution in [0.3, 0.4) is 0 Å². The predicted molar refractivity (Wildman–Crippen MR) is 57.5 cm³/mol. The molecule has 0 bridgehead atoms. The van der Waals surface area contributed by atoms with E-state index in [0.29, 0.717) is 5.92 Å². The Morgan fingerprint density at radius 3 is 2.64 bits per heavy atom. The van der Waals surface area contributed by atoms with Crippen LogP contribution in [0.1, 0.15) is 46.5 Å². The summed E-state index contributed by atoms with van der Waals surface area (Å²) >= 11 is 0. The number of hydrogen-bond donors (Lipinski definition) is 1. The lowest BCUT2D eigenvalue weighted by Gasteiger charge is -2.18. The smallest absolute Gasteiger partial charge is 0.419 e. The van der Waals surface area contributed by atoms with Gasteiger partial charge in [0.05, 0.1) is 0 Å². The second kappa shape index (κ2) is 9.00. The van der Waals surface area contributed by atoms with Crippen LogP contribution in [0.5, 0.6) is 0 Å². The summed E-state index contributed by atoms with van der Waals surface area (Å²) in [6.07, 6.45) is 4.71. The third kappa shape index (κ3) is 6.89. The van der Waals surface area contributed by atoms with Gasteiger partial charge in [-0.2, -0.15) is 0 Å². The van der Waals surface area contributed by atoms with Crippen LogP contribution in [-0.2, 0) is 9.53 Å². The van der Waals surface area contributed by atoms with Gasteiger partial charge in [-0.15, -0.1) is 0 Å². The van der Waals surface area contributed by atoms with Crippen LogP contribution in [-0.4, -0.2) is 19.2 Å². The lowest BCUT2D eigenvalue weighted by molar-refractivity contribution is 0.151. The lowest BCUT2D eigenvalue weighted by atomic mass is 9.99. The van der Waals surface area contributed by atoms with Crippen LogP contribution in [0.2, 0.25) is 0 Å². The van der Waals surface area contributed by atoms with Gasteiger partial charge in [0, 0.05) is 6.54 Å². The largest absolute Gasteiger partial charge is 0.438 e. The van der Waals surface area contributed by atoms with Crippen LogP contribution in [0.4, 0.5) is 0 Å². The fourth-order valence-corrected chi connectivity index (χ4v) is 1.39. The Hall–Kier alpha value is -0.570. The molecule has 0 saturated carbocycles. The van der Waals surface area contributed by atoms with E-state index in [0.717, 1.165) is 6.54 Å². The van der Waals surface area contributed by atoms with E-state index >= 15 is 0 Å². The topological polar surface area (TPSA) is 38.3 Å². The van der Waals surface area contributed by atoms with Gasteiger partial charge in [0.25, 0.3) is 0 Å². The Bertz CT molecular complexity index is 139. The molecule has 0 aromatic heterocycles. The number of carbonyl (C=O) groups excluding carboxylic acids is 1. The zero-order chi connectivity index (χ0) is 10.8. The van der Waals surface area contributed by atoms with Gasteiger partial charge >= 0.3 is 6.47 Å². The zero-order valence-corrected chi connectivity index (χ0v) is 9.51. The average molecular weight is 200 g/mol. The molecule has 2 atom stereocenters. The third-order valence-electron chi connectivity index (χ3n) is 2.46. The monoisotopic (exact) mass is 200 g/mol. The molecule has 0 aliphatic carbocycles. The summed E-state index contributed by atoms with van der Waals surface area (Å²) in [4.78, 5) is 9.91. The van der Waals surface area contributed by atoms with Crippen molar-refractivity contribution in [1.29, 1.82) is 0 Å². The van der Waals surface area contributed by atoms with E-state index < -0.39 is 0 Å². The summed E-state index contributed by atoms with van der Waals surface area (Å²) < 4.78 is 4.62. The molecule has 1 N–H and O–H groups in total. The Balaban J connectivity index is 3.54. The molecule has 0 rings (SSSR count). The van der Waals surface area contributed by atoms with Crippen molar-refractivity contribution in [3.63, 3.8) is 0 Å². The summed E-state index contributed by atoms with van der Waals surface area (Å²) in [6.45, 7) is 8.57. The van der Waals surface area contributed by atoms with E-state index in [1.807, 2.05) is 6.92 Å². The fourth-order valence-electron chi connectivity index (χ4n) is 1.39. The summed E-state index contributed by atoms with van der Waals surface area (Å²) in [7, 11) is 0. The Labute approximate surface area is 87.2 Å². The van der Waals surface area contributed by atoms with Crippen molar-refractivity contribution < 1.29 is 9.53 Å². The van der Waals surface area contributed by atoms with Crippen LogP contribution in [0.25, 0.3) is 0 Å². The average Bonchev–Trinajstić information content (AvgIpc) is 2.19. The molecule has 0 spiro atoms. The molecule has 0 amide bonds. The molecule has 0 aromatic rings. The lowest BCUT2D eigenvalue weighted by Crippen LogP contribution is -2.32. The van der Waals surface area contributed by atoms with Crippen molar-refractivity contribution in [3.8, 4) is 0 Å². The first kappa shape index (κ1) is 13.4. The maximum Gasteiger partial charge on any atom is 0.419 e. The highest BCUT2D eigenvalue weighted by atomic mass is 16.5. The van der Waals surface area contributed by atoms with Gasteiger partial charge < -0.3 is 4.74 Å². The highest BCUT2D eigenvalue weighted by Gasteiger charge is 2.08. The summed E-state index contributed by atoms with van der Waals surface area (Å²) in [5.74, 6) is 0.688. The Morgan fingerprint density at radius 1 is 1.43 bits per heavy atom. The van der Waals surface area contributed by atoms with Gasteiger partial charge in [0.15, 0.2) is 6.23 Å². The van der Waals surface area contributed by atoms with Gasteiger partial charge in [-0.25, -0.2) is 4.79 Å². The zero-order valence-electron chi connectivity index (χ0n) is 9.51. The van der Waals surface area contributed by atoms with Gasteiger partial charge in [-0.3, -0.25) is 5.32 Å². The molecule has 0 heterocycles. The van der Waals surface area contributed by atoms with E-state index in [1.54, 1.807) is 0 Å². The van der Waals surface area contributed by atoms with E-state index in [2.05, 4.69) is 23.9 Å². The maximum absolute atomic E-state index is 9.91. The highest BCUT2D eigenvalue weighted by molar-refractivity contribution is 5.38. The van der Waals surface area contributed by atoms with Gasteiger partial charge in [-0.1, -0.05) is 33.1 Å². The van der Waals surface area contributed by atoms with Crippen LogP contribution in [0, 0.1) is 5.92 Å². The minimum absolute atomic E-state index is 0.219. The maximum atomic E-state index is 9.91. The number of nitrogens with one attached hydrogen (secondary N) is 1.